The molecule has 19 heavy (non-hydrogen) atoms. The number of rotatable bonds is 2. The van der Waals surface area contributed by atoms with Crippen molar-refractivity contribution in [1.82, 2.24) is 10.2 Å². The minimum absolute atomic E-state index is 0. The van der Waals surface area contributed by atoms with Crippen molar-refractivity contribution in [3.05, 3.63) is 0 Å². The summed E-state index contributed by atoms with van der Waals surface area (Å²) in [6.45, 7) is 9.94. The van der Waals surface area contributed by atoms with Gasteiger partial charge in [0.05, 0.1) is 12.7 Å². The fourth-order valence-electron chi connectivity index (χ4n) is 1.74. The molecule has 1 rings (SSSR count). The van der Waals surface area contributed by atoms with Crippen LogP contribution in [0.1, 0.15) is 27.7 Å². The third-order valence-corrected chi connectivity index (χ3v) is 2.46. The number of amides is 1. The molecule has 0 aromatic rings. The first-order valence-electron chi connectivity index (χ1n) is 6.25. The van der Waals surface area contributed by atoms with Gasteiger partial charge in [0.25, 0.3) is 0 Å². The number of carbonyl (C=O) groups excluding carboxylic acids is 1. The van der Waals surface area contributed by atoms with Crippen LogP contribution in [0, 0.1) is 0 Å². The maximum absolute atomic E-state index is 11.6. The Hall–Kier alpha value is -0.570. The molecule has 1 saturated heterocycles. The first-order chi connectivity index (χ1) is 8.28. The van der Waals surface area contributed by atoms with E-state index in [2.05, 4.69) is 10.3 Å². The molecule has 0 aliphatic carbocycles. The van der Waals surface area contributed by atoms with Gasteiger partial charge in [-0.3, -0.25) is 4.79 Å². The lowest BCUT2D eigenvalue weighted by molar-refractivity contribution is -0.121. The van der Waals surface area contributed by atoms with Crippen LogP contribution in [0.3, 0.4) is 0 Å². The molecule has 1 fully saturated rings. The lowest BCUT2D eigenvalue weighted by Crippen LogP contribution is -2.48. The molecule has 1 amide bonds. The largest absolute Gasteiger partial charge is 0.375 e. The molecule has 1 aliphatic heterocycles. The van der Waals surface area contributed by atoms with Gasteiger partial charge in [-0.15, -0.1) is 24.0 Å². The second-order valence-electron chi connectivity index (χ2n) is 5.60. The first-order valence-corrected chi connectivity index (χ1v) is 6.25. The van der Waals surface area contributed by atoms with Crippen LogP contribution in [0.15, 0.2) is 4.99 Å². The highest BCUT2D eigenvalue weighted by molar-refractivity contribution is 14.0. The van der Waals surface area contributed by atoms with E-state index in [1.165, 1.54) is 0 Å². The fourth-order valence-corrected chi connectivity index (χ4v) is 1.74. The molecule has 1 aliphatic rings. The summed E-state index contributed by atoms with van der Waals surface area (Å²) in [5.41, 5.74) is 5.62. The van der Waals surface area contributed by atoms with Gasteiger partial charge in [0.1, 0.15) is 6.54 Å². The average molecular weight is 384 g/mol. The number of halogens is 1. The van der Waals surface area contributed by atoms with Gasteiger partial charge in [0.2, 0.25) is 5.91 Å². The summed E-state index contributed by atoms with van der Waals surface area (Å²) in [4.78, 5) is 17.7. The van der Waals surface area contributed by atoms with Crippen LogP contribution in [-0.2, 0) is 9.53 Å². The second-order valence-corrected chi connectivity index (χ2v) is 5.60. The van der Waals surface area contributed by atoms with Crippen molar-refractivity contribution in [2.24, 2.45) is 10.7 Å². The zero-order chi connectivity index (χ0) is 13.8. The lowest BCUT2D eigenvalue weighted by Gasteiger charge is -2.31. The minimum Gasteiger partial charge on any atom is -0.375 e. The SMILES string of the molecule is CC1CN(C(N)=NCC(=O)NC(C)(C)C)CCO1.I. The summed E-state index contributed by atoms with van der Waals surface area (Å²) >= 11 is 0. The second kappa shape index (κ2) is 7.88. The van der Waals surface area contributed by atoms with Crippen molar-refractivity contribution in [2.45, 2.75) is 39.3 Å². The molecule has 1 unspecified atom stereocenters. The molecule has 1 heterocycles. The summed E-state index contributed by atoms with van der Waals surface area (Å²) in [5, 5.41) is 2.84. The van der Waals surface area contributed by atoms with Gasteiger partial charge in [-0.1, -0.05) is 0 Å². The van der Waals surface area contributed by atoms with E-state index in [1.54, 1.807) is 0 Å². The van der Waals surface area contributed by atoms with E-state index in [0.717, 1.165) is 13.1 Å². The Morgan fingerprint density at radius 3 is 2.68 bits per heavy atom. The maximum Gasteiger partial charge on any atom is 0.242 e. The van der Waals surface area contributed by atoms with Gasteiger partial charge < -0.3 is 20.7 Å². The molecule has 0 spiro atoms. The number of carbonyl (C=O) groups is 1. The summed E-state index contributed by atoms with van der Waals surface area (Å²) < 4.78 is 5.42. The van der Waals surface area contributed by atoms with Crippen molar-refractivity contribution < 1.29 is 9.53 Å². The normalized spacial score (nSPS) is 20.7. The van der Waals surface area contributed by atoms with Crippen LogP contribution in [0.25, 0.3) is 0 Å². The van der Waals surface area contributed by atoms with E-state index in [4.69, 9.17) is 10.5 Å². The topological polar surface area (TPSA) is 80.0 Å². The average Bonchev–Trinajstić information content (AvgIpc) is 2.23. The highest BCUT2D eigenvalue weighted by atomic mass is 127. The van der Waals surface area contributed by atoms with Crippen LogP contribution in [0.5, 0.6) is 0 Å². The number of morpholine rings is 1. The molecular weight excluding hydrogens is 359 g/mol. The van der Waals surface area contributed by atoms with Gasteiger partial charge in [-0.2, -0.15) is 0 Å². The highest BCUT2D eigenvalue weighted by Gasteiger charge is 2.18. The van der Waals surface area contributed by atoms with E-state index in [-0.39, 0.29) is 48.1 Å². The van der Waals surface area contributed by atoms with Gasteiger partial charge in [-0.05, 0) is 27.7 Å². The number of nitrogens with two attached hydrogens (primary N) is 1. The van der Waals surface area contributed by atoms with E-state index in [9.17, 15) is 4.79 Å². The van der Waals surface area contributed by atoms with Crippen LogP contribution in [0.2, 0.25) is 0 Å². The highest BCUT2D eigenvalue weighted by Crippen LogP contribution is 2.03. The smallest absolute Gasteiger partial charge is 0.242 e. The van der Waals surface area contributed by atoms with E-state index in [1.807, 2.05) is 32.6 Å². The Balaban J connectivity index is 0.00000324. The molecular formula is C12H25IN4O2. The number of hydrogen-bond donors (Lipinski definition) is 2. The van der Waals surface area contributed by atoms with Crippen molar-refractivity contribution in [3.63, 3.8) is 0 Å². The molecule has 6 nitrogen and oxygen atoms in total. The number of nitrogens with zero attached hydrogens (tertiary/aromatic N) is 2. The Labute approximate surface area is 132 Å². The molecule has 0 aromatic carbocycles. The monoisotopic (exact) mass is 384 g/mol. The standard InChI is InChI=1S/C12H24N4O2.HI/c1-9-8-16(5-6-18-9)11(13)14-7-10(17)15-12(2,3)4;/h9H,5-8H2,1-4H3,(H2,13,14)(H,15,17);1H. The van der Waals surface area contributed by atoms with Gasteiger partial charge in [0, 0.05) is 18.6 Å². The summed E-state index contributed by atoms with van der Waals surface area (Å²) in [6.07, 6.45) is 0.149. The fraction of sp³-hybridized carbons (Fsp3) is 0.833. The van der Waals surface area contributed by atoms with Gasteiger partial charge >= 0.3 is 0 Å². The Bertz CT molecular complexity index is 328. The predicted molar refractivity (Wildman–Crippen MR) is 86.8 cm³/mol. The Morgan fingerprint density at radius 2 is 2.16 bits per heavy atom. The summed E-state index contributed by atoms with van der Waals surface area (Å²) in [6, 6.07) is 0. The van der Waals surface area contributed by atoms with Crippen LogP contribution in [0.4, 0.5) is 0 Å². The maximum atomic E-state index is 11.6. The van der Waals surface area contributed by atoms with E-state index in [0.29, 0.717) is 12.6 Å². The van der Waals surface area contributed by atoms with E-state index < -0.39 is 0 Å². The predicted octanol–water partition coefficient (Wildman–Crippen LogP) is 0.554. The molecule has 1 atom stereocenters. The van der Waals surface area contributed by atoms with Crippen molar-refractivity contribution in [1.29, 1.82) is 0 Å². The molecule has 112 valence electrons. The van der Waals surface area contributed by atoms with Crippen molar-refractivity contribution in [3.8, 4) is 0 Å². The molecule has 0 saturated carbocycles. The Kier molecular flexibility index (Phi) is 7.65. The summed E-state index contributed by atoms with van der Waals surface area (Å²) in [5.74, 6) is 0.293. The minimum atomic E-state index is -0.241. The van der Waals surface area contributed by atoms with Crippen LogP contribution >= 0.6 is 24.0 Å². The number of hydrogen-bond acceptors (Lipinski definition) is 3. The third kappa shape index (κ3) is 7.56. The third-order valence-electron chi connectivity index (χ3n) is 2.46. The Morgan fingerprint density at radius 1 is 1.53 bits per heavy atom. The molecule has 0 radical (unpaired) electrons. The number of nitrogens with one attached hydrogen (secondary N) is 1. The van der Waals surface area contributed by atoms with Crippen molar-refractivity contribution >= 4 is 35.8 Å². The zero-order valence-corrected chi connectivity index (χ0v) is 14.4. The molecule has 7 heteroatoms. The van der Waals surface area contributed by atoms with E-state index >= 15 is 0 Å². The van der Waals surface area contributed by atoms with Crippen LogP contribution in [-0.4, -0.2) is 54.7 Å². The first kappa shape index (κ1) is 18.4. The summed E-state index contributed by atoms with van der Waals surface area (Å²) in [7, 11) is 0. The van der Waals surface area contributed by atoms with Crippen LogP contribution < -0.4 is 11.1 Å². The van der Waals surface area contributed by atoms with Gasteiger partial charge in [0.15, 0.2) is 5.96 Å². The number of ether oxygens (including phenoxy) is 1. The lowest BCUT2D eigenvalue weighted by atomic mass is 10.1. The number of guanidine groups is 1. The number of aliphatic imine (C=N–C) groups is 1. The van der Waals surface area contributed by atoms with Crippen molar-refractivity contribution in [2.75, 3.05) is 26.2 Å². The van der Waals surface area contributed by atoms with Gasteiger partial charge in [-0.25, -0.2) is 4.99 Å². The zero-order valence-electron chi connectivity index (χ0n) is 12.1. The quantitative estimate of drug-likeness (QED) is 0.414. The molecule has 0 aromatic heterocycles. The molecule has 3 N–H and O–H groups in total. The molecule has 0 bridgehead atoms.